The molecule has 23 heavy (non-hydrogen) atoms. The fourth-order valence-electron chi connectivity index (χ4n) is 3.34. The summed E-state index contributed by atoms with van der Waals surface area (Å²) in [5, 5.41) is 0. The summed E-state index contributed by atoms with van der Waals surface area (Å²) in [5.41, 5.74) is 1.04. The SMILES string of the molecule is CCCCCC1CCC(/C=C/C#Cc2ccc(OC)cc2)CC1. The number of benzene rings is 1. The number of methoxy groups -OCH3 is 1. The van der Waals surface area contributed by atoms with E-state index >= 15 is 0 Å². The van der Waals surface area contributed by atoms with Crippen LogP contribution in [0.5, 0.6) is 5.75 Å². The van der Waals surface area contributed by atoms with E-state index in [0.717, 1.165) is 23.1 Å². The van der Waals surface area contributed by atoms with Crippen LogP contribution in [-0.4, -0.2) is 7.11 Å². The number of ether oxygens (including phenoxy) is 1. The highest BCUT2D eigenvalue weighted by atomic mass is 16.5. The first-order valence-corrected chi connectivity index (χ1v) is 9.14. The third-order valence-electron chi connectivity index (χ3n) is 4.87. The molecule has 2 rings (SSSR count). The summed E-state index contributed by atoms with van der Waals surface area (Å²) in [4.78, 5) is 0. The Morgan fingerprint density at radius 3 is 2.48 bits per heavy atom. The van der Waals surface area contributed by atoms with Gasteiger partial charge in [0.05, 0.1) is 7.11 Å². The number of hydrogen-bond donors (Lipinski definition) is 0. The van der Waals surface area contributed by atoms with Crippen molar-refractivity contribution < 1.29 is 4.74 Å². The van der Waals surface area contributed by atoms with Gasteiger partial charge >= 0.3 is 0 Å². The maximum absolute atomic E-state index is 5.15. The fraction of sp³-hybridized carbons (Fsp3) is 0.545. The van der Waals surface area contributed by atoms with Crippen LogP contribution >= 0.6 is 0 Å². The van der Waals surface area contributed by atoms with Gasteiger partial charge in [-0.25, -0.2) is 0 Å². The molecule has 1 nitrogen and oxygen atoms in total. The van der Waals surface area contributed by atoms with E-state index in [9.17, 15) is 0 Å². The first-order valence-electron chi connectivity index (χ1n) is 9.14. The van der Waals surface area contributed by atoms with E-state index in [-0.39, 0.29) is 0 Å². The summed E-state index contributed by atoms with van der Waals surface area (Å²) in [6.07, 6.45) is 15.5. The summed E-state index contributed by atoms with van der Waals surface area (Å²) in [6, 6.07) is 7.91. The molecule has 0 amide bonds. The van der Waals surface area contributed by atoms with Crippen LogP contribution in [0, 0.1) is 23.7 Å². The zero-order valence-corrected chi connectivity index (χ0v) is 14.7. The summed E-state index contributed by atoms with van der Waals surface area (Å²) in [6.45, 7) is 2.29. The predicted octanol–water partition coefficient (Wildman–Crippen LogP) is 5.99. The molecule has 0 N–H and O–H groups in total. The Hall–Kier alpha value is -1.68. The van der Waals surface area contributed by atoms with Crippen molar-refractivity contribution in [2.24, 2.45) is 11.8 Å². The number of hydrogen-bond acceptors (Lipinski definition) is 1. The Bertz CT molecular complexity index is 521. The van der Waals surface area contributed by atoms with Crippen molar-refractivity contribution in [1.82, 2.24) is 0 Å². The second-order valence-corrected chi connectivity index (χ2v) is 6.63. The van der Waals surface area contributed by atoms with E-state index in [1.165, 1.54) is 51.4 Å². The van der Waals surface area contributed by atoms with Crippen LogP contribution in [0.1, 0.15) is 63.9 Å². The average molecular weight is 310 g/mol. The normalized spacial score (nSPS) is 21.0. The molecule has 0 spiro atoms. The van der Waals surface area contributed by atoms with Gasteiger partial charge in [-0.05, 0) is 67.9 Å². The largest absolute Gasteiger partial charge is 0.497 e. The second kappa shape index (κ2) is 10.2. The highest BCUT2D eigenvalue weighted by molar-refractivity contribution is 5.40. The lowest BCUT2D eigenvalue weighted by Crippen LogP contribution is -2.12. The topological polar surface area (TPSA) is 9.23 Å². The Morgan fingerprint density at radius 1 is 1.09 bits per heavy atom. The first-order chi connectivity index (χ1) is 11.3. The number of rotatable bonds is 6. The highest BCUT2D eigenvalue weighted by Gasteiger charge is 2.18. The minimum absolute atomic E-state index is 0.739. The average Bonchev–Trinajstić information content (AvgIpc) is 2.61. The molecular formula is C22H30O. The summed E-state index contributed by atoms with van der Waals surface area (Å²) in [7, 11) is 1.68. The van der Waals surface area contributed by atoms with Crippen molar-refractivity contribution in [3.05, 3.63) is 42.0 Å². The van der Waals surface area contributed by atoms with E-state index in [4.69, 9.17) is 4.74 Å². The maximum Gasteiger partial charge on any atom is 0.118 e. The fourth-order valence-corrected chi connectivity index (χ4v) is 3.34. The molecule has 0 aliphatic heterocycles. The molecule has 1 aromatic carbocycles. The Balaban J connectivity index is 1.71. The van der Waals surface area contributed by atoms with Crippen LogP contribution in [0.2, 0.25) is 0 Å². The van der Waals surface area contributed by atoms with Crippen LogP contribution in [0.4, 0.5) is 0 Å². The lowest BCUT2D eigenvalue weighted by Gasteiger charge is -2.26. The lowest BCUT2D eigenvalue weighted by atomic mass is 9.79. The van der Waals surface area contributed by atoms with E-state index in [2.05, 4.69) is 24.8 Å². The lowest BCUT2D eigenvalue weighted by molar-refractivity contribution is 0.289. The summed E-state index contributed by atoms with van der Waals surface area (Å²) < 4.78 is 5.15. The molecule has 0 bridgehead atoms. The van der Waals surface area contributed by atoms with Gasteiger partial charge < -0.3 is 4.74 Å². The molecule has 0 atom stereocenters. The zero-order valence-electron chi connectivity index (χ0n) is 14.7. The third-order valence-corrected chi connectivity index (χ3v) is 4.87. The molecule has 1 aliphatic carbocycles. The molecule has 1 aromatic rings. The van der Waals surface area contributed by atoms with Gasteiger partial charge in [0.1, 0.15) is 5.75 Å². The van der Waals surface area contributed by atoms with Gasteiger partial charge in [0.2, 0.25) is 0 Å². The van der Waals surface area contributed by atoms with Crippen molar-refractivity contribution in [2.75, 3.05) is 7.11 Å². The maximum atomic E-state index is 5.15. The van der Waals surface area contributed by atoms with Crippen molar-refractivity contribution in [3.8, 4) is 17.6 Å². The smallest absolute Gasteiger partial charge is 0.118 e. The minimum atomic E-state index is 0.739. The van der Waals surface area contributed by atoms with Crippen molar-refractivity contribution in [2.45, 2.75) is 58.3 Å². The van der Waals surface area contributed by atoms with Crippen molar-refractivity contribution in [1.29, 1.82) is 0 Å². The molecule has 0 saturated heterocycles. The second-order valence-electron chi connectivity index (χ2n) is 6.63. The molecule has 1 heteroatoms. The van der Waals surface area contributed by atoms with Gasteiger partial charge in [0, 0.05) is 5.56 Å². The highest BCUT2D eigenvalue weighted by Crippen LogP contribution is 2.32. The van der Waals surface area contributed by atoms with Crippen LogP contribution < -0.4 is 4.74 Å². The molecule has 0 aromatic heterocycles. The van der Waals surface area contributed by atoms with Gasteiger partial charge in [-0.2, -0.15) is 0 Å². The minimum Gasteiger partial charge on any atom is -0.497 e. The van der Waals surface area contributed by atoms with Crippen LogP contribution in [0.15, 0.2) is 36.4 Å². The van der Waals surface area contributed by atoms with E-state index in [1.807, 2.05) is 30.3 Å². The number of unbranched alkanes of at least 4 members (excludes halogenated alkanes) is 2. The zero-order chi connectivity index (χ0) is 16.3. The van der Waals surface area contributed by atoms with E-state index < -0.39 is 0 Å². The molecule has 1 fully saturated rings. The van der Waals surface area contributed by atoms with Crippen LogP contribution in [0.3, 0.4) is 0 Å². The quantitative estimate of drug-likeness (QED) is 0.463. The molecule has 0 heterocycles. The molecular weight excluding hydrogens is 280 g/mol. The Labute approximate surface area is 142 Å². The molecule has 1 saturated carbocycles. The monoisotopic (exact) mass is 310 g/mol. The standard InChI is InChI=1S/C22H30O/c1-3-4-5-8-19-11-13-20(14-12-19)9-6-7-10-21-15-17-22(23-2)18-16-21/h6,9,15-20H,3-5,8,11-14H2,1-2H3/b9-6+. The van der Waals surface area contributed by atoms with Gasteiger partial charge in [-0.1, -0.05) is 50.5 Å². The number of allylic oxidation sites excluding steroid dienone is 2. The summed E-state index contributed by atoms with van der Waals surface area (Å²) >= 11 is 0. The third kappa shape index (κ3) is 6.53. The van der Waals surface area contributed by atoms with Crippen LogP contribution in [0.25, 0.3) is 0 Å². The van der Waals surface area contributed by atoms with E-state index in [1.54, 1.807) is 7.11 Å². The first kappa shape index (κ1) is 17.7. The van der Waals surface area contributed by atoms with Gasteiger partial charge in [-0.3, -0.25) is 0 Å². The molecule has 0 radical (unpaired) electrons. The van der Waals surface area contributed by atoms with Gasteiger partial charge in [0.15, 0.2) is 0 Å². The van der Waals surface area contributed by atoms with Crippen LogP contribution in [-0.2, 0) is 0 Å². The molecule has 0 unspecified atom stereocenters. The molecule has 124 valence electrons. The van der Waals surface area contributed by atoms with Crippen molar-refractivity contribution >= 4 is 0 Å². The molecule has 1 aliphatic rings. The summed E-state index contributed by atoms with van der Waals surface area (Å²) in [5.74, 6) is 8.95. The van der Waals surface area contributed by atoms with Crippen molar-refractivity contribution in [3.63, 3.8) is 0 Å². The van der Waals surface area contributed by atoms with E-state index in [0.29, 0.717) is 0 Å². The van der Waals surface area contributed by atoms with Gasteiger partial charge in [0.25, 0.3) is 0 Å². The Morgan fingerprint density at radius 2 is 1.83 bits per heavy atom. The predicted molar refractivity (Wildman–Crippen MR) is 98.6 cm³/mol. The van der Waals surface area contributed by atoms with Gasteiger partial charge in [-0.15, -0.1) is 0 Å². The Kier molecular flexibility index (Phi) is 7.81.